The lowest BCUT2D eigenvalue weighted by Crippen LogP contribution is -2.21. The number of ether oxygens (including phenoxy) is 1. The Morgan fingerprint density at radius 2 is 2.09 bits per heavy atom. The fourth-order valence-electron chi connectivity index (χ4n) is 1.61. The van der Waals surface area contributed by atoms with Crippen LogP contribution < -0.4 is 5.32 Å². The van der Waals surface area contributed by atoms with Gasteiger partial charge in [0.05, 0.1) is 17.0 Å². The van der Waals surface area contributed by atoms with Crippen LogP contribution in [-0.2, 0) is 14.3 Å². The van der Waals surface area contributed by atoms with Crippen LogP contribution in [0.1, 0.15) is 5.76 Å². The Morgan fingerprint density at radius 1 is 1.30 bits per heavy atom. The zero-order chi connectivity index (χ0) is 16.7. The van der Waals surface area contributed by atoms with Crippen LogP contribution in [0.5, 0.6) is 0 Å². The van der Waals surface area contributed by atoms with Crippen LogP contribution in [0, 0.1) is 11.3 Å². The van der Waals surface area contributed by atoms with Gasteiger partial charge in [-0.05, 0) is 24.3 Å². The van der Waals surface area contributed by atoms with E-state index in [4.69, 9.17) is 26.0 Å². The molecule has 6 nitrogen and oxygen atoms in total. The highest BCUT2D eigenvalue weighted by Crippen LogP contribution is 2.20. The minimum atomic E-state index is -0.918. The van der Waals surface area contributed by atoms with Gasteiger partial charge in [0.15, 0.2) is 6.61 Å². The smallest absolute Gasteiger partial charge is 0.349 e. The Labute approximate surface area is 136 Å². The first-order chi connectivity index (χ1) is 11.1. The maximum atomic E-state index is 11.8. The number of para-hydroxylation sites is 1. The molecule has 23 heavy (non-hydrogen) atoms. The molecule has 0 aliphatic heterocycles. The minimum Gasteiger partial charge on any atom is -0.465 e. The summed E-state index contributed by atoms with van der Waals surface area (Å²) in [4.78, 5) is 23.5. The number of esters is 1. The number of anilines is 1. The second kappa shape index (κ2) is 7.82. The molecule has 0 spiro atoms. The summed E-state index contributed by atoms with van der Waals surface area (Å²) in [7, 11) is 0. The van der Waals surface area contributed by atoms with Crippen molar-refractivity contribution in [1.82, 2.24) is 0 Å². The number of nitrogens with zero attached hydrogens (tertiary/aromatic N) is 1. The molecule has 2 rings (SSSR count). The molecular weight excluding hydrogens is 320 g/mol. The molecule has 0 saturated heterocycles. The van der Waals surface area contributed by atoms with Crippen LogP contribution >= 0.6 is 11.6 Å². The number of nitrogens with one attached hydrogen (secondary N) is 1. The Balaban J connectivity index is 1.92. The molecule has 2 aromatic rings. The summed E-state index contributed by atoms with van der Waals surface area (Å²) in [6, 6.07) is 11.5. The van der Waals surface area contributed by atoms with Gasteiger partial charge >= 0.3 is 5.97 Å². The molecule has 0 aliphatic carbocycles. The highest BCUT2D eigenvalue weighted by atomic mass is 35.5. The molecule has 0 radical (unpaired) electrons. The van der Waals surface area contributed by atoms with Crippen molar-refractivity contribution in [2.24, 2.45) is 0 Å². The summed E-state index contributed by atoms with van der Waals surface area (Å²) in [5.41, 5.74) is 0.132. The second-order valence-electron chi connectivity index (χ2n) is 4.29. The van der Waals surface area contributed by atoms with E-state index in [9.17, 15) is 9.59 Å². The van der Waals surface area contributed by atoms with E-state index >= 15 is 0 Å². The van der Waals surface area contributed by atoms with Gasteiger partial charge in [0.1, 0.15) is 17.4 Å². The van der Waals surface area contributed by atoms with Crippen LogP contribution in [0.15, 0.2) is 52.7 Å². The predicted molar refractivity (Wildman–Crippen MR) is 83.3 cm³/mol. The zero-order valence-corrected chi connectivity index (χ0v) is 12.5. The summed E-state index contributed by atoms with van der Waals surface area (Å²) in [6.45, 7) is -0.540. The van der Waals surface area contributed by atoms with E-state index in [1.54, 1.807) is 42.5 Å². The molecular formula is C16H11ClN2O4. The molecule has 1 aromatic carbocycles. The van der Waals surface area contributed by atoms with Crippen LogP contribution in [-0.4, -0.2) is 18.5 Å². The van der Waals surface area contributed by atoms with Gasteiger partial charge in [-0.15, -0.1) is 0 Å². The first kappa shape index (κ1) is 16.3. The molecule has 116 valence electrons. The van der Waals surface area contributed by atoms with Crippen LogP contribution in [0.2, 0.25) is 5.02 Å². The summed E-state index contributed by atoms with van der Waals surface area (Å²) in [5, 5.41) is 11.8. The summed E-state index contributed by atoms with van der Waals surface area (Å²) in [5.74, 6) is -1.15. The quantitative estimate of drug-likeness (QED) is 0.517. The van der Waals surface area contributed by atoms with E-state index in [-0.39, 0.29) is 5.57 Å². The molecule has 1 N–H and O–H groups in total. The molecule has 1 heterocycles. The van der Waals surface area contributed by atoms with Crippen molar-refractivity contribution >= 4 is 35.2 Å². The van der Waals surface area contributed by atoms with Crippen molar-refractivity contribution in [3.8, 4) is 6.07 Å². The fraction of sp³-hybridized carbons (Fsp3) is 0.0625. The Hall–Kier alpha value is -3.04. The molecule has 0 saturated carbocycles. The van der Waals surface area contributed by atoms with Crippen LogP contribution in [0.25, 0.3) is 6.08 Å². The summed E-state index contributed by atoms with van der Waals surface area (Å²) in [6.07, 6.45) is 2.64. The van der Waals surface area contributed by atoms with Crippen molar-refractivity contribution in [3.05, 3.63) is 59.0 Å². The lowest BCUT2D eigenvalue weighted by Gasteiger charge is -2.07. The van der Waals surface area contributed by atoms with E-state index in [0.29, 0.717) is 16.5 Å². The number of nitriles is 1. The van der Waals surface area contributed by atoms with E-state index in [0.717, 1.165) is 0 Å². The number of carbonyl (C=O) groups is 2. The molecule has 0 unspecified atom stereocenters. The maximum Gasteiger partial charge on any atom is 0.349 e. The predicted octanol–water partition coefficient (Wildman–Crippen LogP) is 3.02. The third-order valence-corrected chi connectivity index (χ3v) is 2.98. The highest BCUT2D eigenvalue weighted by Gasteiger charge is 2.14. The SMILES string of the molecule is N#C/C(=C\c1ccco1)C(=O)OCC(=O)Nc1ccccc1Cl. The van der Waals surface area contributed by atoms with Crippen molar-refractivity contribution in [2.45, 2.75) is 0 Å². The number of amides is 1. The highest BCUT2D eigenvalue weighted by molar-refractivity contribution is 6.33. The molecule has 0 atom stereocenters. The second-order valence-corrected chi connectivity index (χ2v) is 4.70. The fourth-order valence-corrected chi connectivity index (χ4v) is 1.79. The maximum absolute atomic E-state index is 11.8. The van der Waals surface area contributed by atoms with Crippen molar-refractivity contribution in [3.63, 3.8) is 0 Å². The topological polar surface area (TPSA) is 92.3 Å². The molecule has 0 aliphatic rings. The molecule has 1 aromatic heterocycles. The lowest BCUT2D eigenvalue weighted by molar-refractivity contribution is -0.142. The molecule has 0 bridgehead atoms. The van der Waals surface area contributed by atoms with E-state index in [1.165, 1.54) is 12.3 Å². The van der Waals surface area contributed by atoms with Crippen LogP contribution in [0.4, 0.5) is 5.69 Å². The van der Waals surface area contributed by atoms with Gasteiger partial charge in [-0.25, -0.2) is 4.79 Å². The Morgan fingerprint density at radius 3 is 2.74 bits per heavy atom. The van der Waals surface area contributed by atoms with E-state index in [1.807, 2.05) is 0 Å². The number of hydrogen-bond donors (Lipinski definition) is 1. The first-order valence-corrected chi connectivity index (χ1v) is 6.85. The minimum absolute atomic E-state index is 0.273. The van der Waals surface area contributed by atoms with Crippen molar-refractivity contribution in [1.29, 1.82) is 5.26 Å². The summed E-state index contributed by atoms with van der Waals surface area (Å²) >= 11 is 5.90. The Kier molecular flexibility index (Phi) is 5.56. The average molecular weight is 331 g/mol. The Bertz CT molecular complexity index is 776. The van der Waals surface area contributed by atoms with Crippen molar-refractivity contribution < 1.29 is 18.7 Å². The average Bonchev–Trinajstić information content (AvgIpc) is 3.05. The number of rotatable bonds is 5. The van der Waals surface area contributed by atoms with Gasteiger partial charge in [0.2, 0.25) is 0 Å². The first-order valence-electron chi connectivity index (χ1n) is 6.47. The van der Waals surface area contributed by atoms with Gasteiger partial charge in [-0.1, -0.05) is 23.7 Å². The van der Waals surface area contributed by atoms with E-state index < -0.39 is 18.5 Å². The summed E-state index contributed by atoms with van der Waals surface area (Å²) < 4.78 is 9.80. The molecule has 1 amide bonds. The number of furan rings is 1. The largest absolute Gasteiger partial charge is 0.465 e. The molecule has 0 fully saturated rings. The normalized spacial score (nSPS) is 10.7. The van der Waals surface area contributed by atoms with Crippen molar-refractivity contribution in [2.75, 3.05) is 11.9 Å². The monoisotopic (exact) mass is 330 g/mol. The van der Waals surface area contributed by atoms with Gasteiger partial charge in [-0.3, -0.25) is 4.79 Å². The van der Waals surface area contributed by atoms with E-state index in [2.05, 4.69) is 5.32 Å². The number of halogens is 1. The standard InChI is InChI=1S/C16H11ClN2O4/c17-13-5-1-2-6-14(13)19-15(20)10-23-16(21)11(9-18)8-12-4-3-7-22-12/h1-8H,10H2,(H,19,20)/b11-8+. The molecule has 7 heteroatoms. The van der Waals surface area contributed by atoms with Gasteiger partial charge in [0, 0.05) is 6.08 Å². The lowest BCUT2D eigenvalue weighted by atomic mass is 10.2. The van der Waals surface area contributed by atoms with Gasteiger partial charge in [-0.2, -0.15) is 5.26 Å². The number of carbonyl (C=O) groups excluding carboxylic acids is 2. The number of benzene rings is 1. The zero-order valence-electron chi connectivity index (χ0n) is 11.8. The third-order valence-electron chi connectivity index (χ3n) is 2.65. The van der Waals surface area contributed by atoms with Crippen LogP contribution in [0.3, 0.4) is 0 Å². The van der Waals surface area contributed by atoms with Gasteiger partial charge in [0.25, 0.3) is 5.91 Å². The number of hydrogen-bond acceptors (Lipinski definition) is 5. The third kappa shape index (κ3) is 4.73. The van der Waals surface area contributed by atoms with Gasteiger partial charge < -0.3 is 14.5 Å².